The molecule has 0 fully saturated rings. The predicted octanol–water partition coefficient (Wildman–Crippen LogP) is 13.4. The molecule has 0 heterocycles. The number of fused-ring (bicyclic) bond motifs is 5. The zero-order chi connectivity index (χ0) is 44.2. The van der Waals surface area contributed by atoms with Crippen LogP contribution in [-0.2, 0) is 5.41 Å². The van der Waals surface area contributed by atoms with Gasteiger partial charge in [0.2, 0.25) is 0 Å². The SMILES string of the molecule is [2H]c1c([2H])c(-c2c3c([2H])c([2H])c([2H])c([2H])c3c(-c3ccccc3)c3c([2H])c([2H])c([2H])c([2H])c23)c([2H])c([2H])c1-c1ccc2c(c1)C(c1ccccc1)(c1ccccc1)c1ccccc1-2. The summed E-state index contributed by atoms with van der Waals surface area (Å²) in [4.78, 5) is 0. The lowest BCUT2D eigenvalue weighted by Crippen LogP contribution is -2.28. The molecular formula is C51H34. The van der Waals surface area contributed by atoms with Crippen molar-refractivity contribution >= 4 is 21.5 Å². The first-order chi connectivity index (χ1) is 30.3. The molecule has 0 aromatic heterocycles. The molecule has 0 N–H and O–H groups in total. The van der Waals surface area contributed by atoms with Gasteiger partial charge >= 0.3 is 0 Å². The molecular weight excluding hydrogens is 613 g/mol. The lowest BCUT2D eigenvalue weighted by molar-refractivity contribution is 0.769. The molecule has 238 valence electrons. The van der Waals surface area contributed by atoms with Gasteiger partial charge in [-0.25, -0.2) is 0 Å². The fourth-order valence-corrected chi connectivity index (χ4v) is 7.95. The van der Waals surface area contributed by atoms with E-state index >= 15 is 0 Å². The maximum Gasteiger partial charge on any atom is 0.0713 e. The number of hydrogen-bond acceptors (Lipinski definition) is 0. The first-order valence-corrected chi connectivity index (χ1v) is 16.8. The summed E-state index contributed by atoms with van der Waals surface area (Å²) in [5.74, 6) is 0. The molecule has 0 saturated carbocycles. The quantitative estimate of drug-likeness (QED) is 0.161. The van der Waals surface area contributed by atoms with Crippen LogP contribution < -0.4 is 0 Å². The number of hydrogen-bond donors (Lipinski definition) is 0. The lowest BCUT2D eigenvalue weighted by atomic mass is 9.67. The Morgan fingerprint density at radius 1 is 0.333 bits per heavy atom. The van der Waals surface area contributed by atoms with Gasteiger partial charge in [-0.05, 0) is 94.4 Å². The summed E-state index contributed by atoms with van der Waals surface area (Å²) >= 11 is 0. The molecule has 0 nitrogen and oxygen atoms in total. The summed E-state index contributed by atoms with van der Waals surface area (Å²) in [6, 6.07) is 36.2. The van der Waals surface area contributed by atoms with Gasteiger partial charge in [0.25, 0.3) is 0 Å². The molecule has 0 saturated heterocycles. The second-order valence-electron chi connectivity index (χ2n) is 12.7. The second-order valence-corrected chi connectivity index (χ2v) is 12.7. The highest BCUT2D eigenvalue weighted by Crippen LogP contribution is 2.56. The molecule has 1 aliphatic carbocycles. The van der Waals surface area contributed by atoms with E-state index in [-0.39, 0.29) is 43.8 Å². The highest BCUT2D eigenvalue weighted by atomic mass is 14.5. The van der Waals surface area contributed by atoms with Crippen molar-refractivity contribution in [2.24, 2.45) is 0 Å². The third-order valence-corrected chi connectivity index (χ3v) is 10.1. The van der Waals surface area contributed by atoms with E-state index in [0.29, 0.717) is 11.1 Å². The summed E-state index contributed by atoms with van der Waals surface area (Å²) in [7, 11) is 0. The van der Waals surface area contributed by atoms with Crippen molar-refractivity contribution in [3.63, 3.8) is 0 Å². The van der Waals surface area contributed by atoms with Crippen LogP contribution in [0.1, 0.15) is 38.7 Å². The maximum absolute atomic E-state index is 9.70. The Hall–Kier alpha value is -6.50. The fourth-order valence-electron chi connectivity index (χ4n) is 7.95. The average molecular weight is 659 g/mol. The molecule has 0 heteroatoms. The molecule has 9 aromatic carbocycles. The van der Waals surface area contributed by atoms with Crippen LogP contribution in [0.2, 0.25) is 0 Å². The molecule has 10 rings (SSSR count). The van der Waals surface area contributed by atoms with E-state index in [1.54, 1.807) is 36.4 Å². The van der Waals surface area contributed by atoms with Crippen molar-refractivity contribution in [2.45, 2.75) is 5.41 Å². The third-order valence-electron chi connectivity index (χ3n) is 10.1. The van der Waals surface area contributed by atoms with Crippen molar-refractivity contribution < 1.29 is 16.4 Å². The molecule has 9 aromatic rings. The van der Waals surface area contributed by atoms with Crippen molar-refractivity contribution in [1.82, 2.24) is 0 Å². The normalized spacial score (nSPS) is 16.2. The second kappa shape index (κ2) is 11.8. The minimum absolute atomic E-state index is 0.000788. The van der Waals surface area contributed by atoms with E-state index in [9.17, 15) is 11.0 Å². The van der Waals surface area contributed by atoms with E-state index in [2.05, 4.69) is 36.4 Å². The van der Waals surface area contributed by atoms with E-state index < -0.39 is 77.9 Å². The molecule has 1 aliphatic rings. The van der Waals surface area contributed by atoms with Gasteiger partial charge in [-0.2, -0.15) is 0 Å². The molecule has 0 radical (unpaired) electrons. The van der Waals surface area contributed by atoms with E-state index in [1.165, 1.54) is 0 Å². The van der Waals surface area contributed by atoms with E-state index in [1.807, 2.05) is 60.7 Å². The Kier molecular flexibility index (Phi) is 4.55. The van der Waals surface area contributed by atoms with Crippen LogP contribution in [-0.4, -0.2) is 0 Å². The van der Waals surface area contributed by atoms with Gasteiger partial charge in [-0.15, -0.1) is 0 Å². The van der Waals surface area contributed by atoms with Crippen LogP contribution in [0.15, 0.2) is 206 Å². The Bertz CT molecular complexity index is 3250. The van der Waals surface area contributed by atoms with Crippen LogP contribution in [0.5, 0.6) is 0 Å². The van der Waals surface area contributed by atoms with Crippen LogP contribution in [0, 0.1) is 0 Å². The van der Waals surface area contributed by atoms with Crippen molar-refractivity contribution in [3.8, 4) is 44.5 Å². The van der Waals surface area contributed by atoms with Gasteiger partial charge in [0, 0.05) is 0 Å². The van der Waals surface area contributed by atoms with Gasteiger partial charge in [0.15, 0.2) is 0 Å². The van der Waals surface area contributed by atoms with Crippen LogP contribution in [0.25, 0.3) is 66.1 Å². The number of rotatable bonds is 5. The van der Waals surface area contributed by atoms with E-state index in [4.69, 9.17) is 5.48 Å². The van der Waals surface area contributed by atoms with Crippen molar-refractivity contribution in [3.05, 3.63) is 228 Å². The Labute approximate surface area is 315 Å². The van der Waals surface area contributed by atoms with Gasteiger partial charge < -0.3 is 0 Å². The van der Waals surface area contributed by atoms with Crippen molar-refractivity contribution in [1.29, 1.82) is 0 Å². The summed E-state index contributed by atoms with van der Waals surface area (Å²) in [6.45, 7) is 0. The lowest BCUT2D eigenvalue weighted by Gasteiger charge is -2.34. The Balaban J connectivity index is 1.32. The summed E-state index contributed by atoms with van der Waals surface area (Å²) in [5.41, 5.74) is 5.49. The molecule has 51 heavy (non-hydrogen) atoms. The molecule has 0 amide bonds. The Morgan fingerprint density at radius 2 is 0.784 bits per heavy atom. The summed E-state index contributed by atoms with van der Waals surface area (Å²) in [6.07, 6.45) is 0. The number of benzene rings is 9. The van der Waals surface area contributed by atoms with Gasteiger partial charge in [-0.3, -0.25) is 0 Å². The molecule has 0 spiro atoms. The first-order valence-electron chi connectivity index (χ1n) is 22.8. The van der Waals surface area contributed by atoms with Gasteiger partial charge in [-0.1, -0.05) is 200 Å². The van der Waals surface area contributed by atoms with Gasteiger partial charge in [0.1, 0.15) is 0 Å². The summed E-state index contributed by atoms with van der Waals surface area (Å²) in [5, 5.41) is -0.512. The average Bonchev–Trinajstić information content (AvgIpc) is 3.61. The zero-order valence-electron chi connectivity index (χ0n) is 39.2. The van der Waals surface area contributed by atoms with Crippen LogP contribution in [0.3, 0.4) is 0 Å². The molecule has 0 atom stereocenters. The topological polar surface area (TPSA) is 0 Å². The monoisotopic (exact) mass is 658 g/mol. The van der Waals surface area contributed by atoms with Crippen molar-refractivity contribution in [2.75, 3.05) is 0 Å². The van der Waals surface area contributed by atoms with Crippen LogP contribution in [0.4, 0.5) is 0 Å². The maximum atomic E-state index is 9.70. The van der Waals surface area contributed by atoms with Gasteiger partial charge in [0.05, 0.1) is 21.9 Å². The molecule has 0 aliphatic heterocycles. The largest absolute Gasteiger partial charge is 0.0713 e. The van der Waals surface area contributed by atoms with Crippen LogP contribution >= 0.6 is 0 Å². The highest BCUT2D eigenvalue weighted by Gasteiger charge is 2.46. The first kappa shape index (κ1) is 19.6. The minimum atomic E-state index is -0.812. The third kappa shape index (κ3) is 4.47. The molecule has 0 bridgehead atoms. The standard InChI is InChI=1S/C51H34/c1-4-16-36(17-5-1)49-43-23-10-12-25-45(43)50(46-26-13-11-24-44(46)49)37-30-28-35(29-31-37)38-32-33-42-41-22-14-15-27-47(41)51(48(42)34-38,39-18-6-2-7-19-39)40-20-8-3-9-21-40/h1-34H/i10D,11D,12D,13D,23D,24D,25D,26D,28D,29D,30D,31D. The fraction of sp³-hybridized carbons (Fsp3) is 0.0196. The highest BCUT2D eigenvalue weighted by molar-refractivity contribution is 6.21. The zero-order valence-corrected chi connectivity index (χ0v) is 27.2. The molecule has 0 unspecified atom stereocenters. The Morgan fingerprint density at radius 3 is 1.35 bits per heavy atom. The smallest absolute Gasteiger partial charge is 0.0622 e. The van der Waals surface area contributed by atoms with E-state index in [0.717, 1.165) is 33.4 Å². The summed E-state index contributed by atoms with van der Waals surface area (Å²) < 4.78 is 111. The predicted molar refractivity (Wildman–Crippen MR) is 215 cm³/mol. The minimum Gasteiger partial charge on any atom is -0.0622 e.